The van der Waals surface area contributed by atoms with Gasteiger partial charge in [-0.05, 0) is 43.2 Å². The van der Waals surface area contributed by atoms with Crippen LogP contribution in [0.1, 0.15) is 28.1 Å². The Morgan fingerprint density at radius 3 is 2.48 bits per heavy atom. The molecule has 0 aliphatic carbocycles. The molecule has 2 aromatic carbocycles. The van der Waals surface area contributed by atoms with E-state index in [0.29, 0.717) is 4.88 Å². The molecular weight excluding hydrogens is 519 g/mol. The summed E-state index contributed by atoms with van der Waals surface area (Å²) in [5, 5.41) is 1.87. The Morgan fingerprint density at radius 2 is 1.82 bits per heavy atom. The number of hydrogen-bond acceptors (Lipinski definition) is 5. The quantitative estimate of drug-likeness (QED) is 0.282. The van der Waals surface area contributed by atoms with Gasteiger partial charge in [0.05, 0.1) is 18.1 Å². The van der Waals surface area contributed by atoms with Crippen LogP contribution < -0.4 is 5.30 Å². The third-order valence-corrected chi connectivity index (χ3v) is 11.3. The molecule has 3 aromatic rings. The molecule has 0 N–H and O–H groups in total. The number of ether oxygens (including phenoxy) is 1. The van der Waals surface area contributed by atoms with E-state index in [1.54, 1.807) is 0 Å². The fourth-order valence-electron chi connectivity index (χ4n) is 4.34. The normalized spacial score (nSPS) is 20.3. The van der Waals surface area contributed by atoms with Gasteiger partial charge in [-0.15, -0.1) is 11.3 Å². The Bertz CT molecular complexity index is 1270. The van der Waals surface area contributed by atoms with Crippen molar-refractivity contribution in [1.29, 1.82) is 0 Å². The number of nitrogens with zero attached hydrogens (tertiary/aromatic N) is 4. The van der Waals surface area contributed by atoms with Crippen molar-refractivity contribution < 1.29 is 9.53 Å². The van der Waals surface area contributed by atoms with Gasteiger partial charge in [-0.3, -0.25) is 0 Å². The van der Waals surface area contributed by atoms with E-state index in [9.17, 15) is 4.79 Å². The van der Waals surface area contributed by atoms with Gasteiger partial charge in [0.1, 0.15) is 15.7 Å². The maximum Gasteiger partial charge on any atom is 0.348 e. The van der Waals surface area contributed by atoms with Crippen LogP contribution in [-0.2, 0) is 4.74 Å². The Morgan fingerprint density at radius 1 is 1.12 bits per heavy atom. The van der Waals surface area contributed by atoms with Gasteiger partial charge in [0.2, 0.25) is 0 Å². The van der Waals surface area contributed by atoms with Crippen LogP contribution in [0.25, 0.3) is 0 Å². The van der Waals surface area contributed by atoms with Crippen LogP contribution in [0.4, 0.5) is 10.7 Å². The van der Waals surface area contributed by atoms with E-state index in [-0.39, 0.29) is 5.97 Å². The molecule has 170 valence electrons. The Kier molecular flexibility index (Phi) is 6.27. The third-order valence-electron chi connectivity index (χ3n) is 5.93. The van der Waals surface area contributed by atoms with Crippen molar-refractivity contribution in [2.75, 3.05) is 27.2 Å². The van der Waals surface area contributed by atoms with Gasteiger partial charge < -0.3 is 9.41 Å². The van der Waals surface area contributed by atoms with E-state index in [0.717, 1.165) is 57.8 Å². The monoisotopic (exact) mass is 542 g/mol. The molecule has 1 aromatic heterocycles. The van der Waals surface area contributed by atoms with E-state index < -0.39 is 7.36 Å². The average molecular weight is 543 g/mol. The maximum atomic E-state index is 12.5. The Hall–Kier alpha value is -2.25. The number of carbonyl (C=O) groups excluding carboxylic acids is 1. The number of hydrogen-bond donors (Lipinski definition) is 0. The molecule has 0 saturated carbocycles. The number of esters is 1. The molecule has 0 spiro atoms. The number of halogens is 1. The maximum absolute atomic E-state index is 12.5. The number of benzene rings is 2. The summed E-state index contributed by atoms with van der Waals surface area (Å²) in [5.74, 6) is 0.541. The first-order chi connectivity index (χ1) is 16.0. The molecule has 1 atom stereocenters. The van der Waals surface area contributed by atoms with Crippen molar-refractivity contribution in [2.45, 2.75) is 12.8 Å². The number of carbonyl (C=O) groups is 1. The predicted octanol–water partition coefficient (Wildman–Crippen LogP) is 6.40. The summed E-state index contributed by atoms with van der Waals surface area (Å²) in [7, 11) is 1.05. The lowest BCUT2D eigenvalue weighted by molar-refractivity contribution is 0.0606. The highest BCUT2D eigenvalue weighted by Crippen LogP contribution is 2.63. The summed E-state index contributed by atoms with van der Waals surface area (Å²) < 4.78 is 16.3. The lowest BCUT2D eigenvalue weighted by atomic mass is 10.2. The van der Waals surface area contributed by atoms with Crippen LogP contribution in [-0.4, -0.2) is 48.4 Å². The summed E-state index contributed by atoms with van der Waals surface area (Å²) in [6, 6.07) is 20.3. The molecule has 0 bridgehead atoms. The van der Waals surface area contributed by atoms with Crippen LogP contribution in [0.2, 0.25) is 0 Å². The van der Waals surface area contributed by atoms with Crippen LogP contribution in [0.5, 0.6) is 0 Å². The second kappa shape index (κ2) is 9.18. The van der Waals surface area contributed by atoms with E-state index in [4.69, 9.17) is 14.5 Å². The Labute approximate surface area is 206 Å². The van der Waals surface area contributed by atoms with Crippen LogP contribution >= 0.6 is 34.6 Å². The summed E-state index contributed by atoms with van der Waals surface area (Å²) >= 11 is 4.92. The van der Waals surface area contributed by atoms with E-state index in [1.165, 1.54) is 18.4 Å². The smallest absolute Gasteiger partial charge is 0.348 e. The zero-order chi connectivity index (χ0) is 23.0. The van der Waals surface area contributed by atoms with Crippen molar-refractivity contribution in [3.05, 3.63) is 75.6 Å². The van der Waals surface area contributed by atoms with Gasteiger partial charge in [-0.25, -0.2) is 19.2 Å². The topological polar surface area (TPSA) is 57.5 Å². The van der Waals surface area contributed by atoms with E-state index in [1.807, 2.05) is 48.5 Å². The molecular formula is C24H24BrN4O2PS. The number of thiophene rings is 1. The van der Waals surface area contributed by atoms with Crippen molar-refractivity contribution in [3.8, 4) is 0 Å². The van der Waals surface area contributed by atoms with Crippen molar-refractivity contribution in [3.63, 3.8) is 0 Å². The molecule has 0 unspecified atom stereocenters. The molecule has 1 saturated heterocycles. The SMILES string of the molecule is COC(=O)c1cc2c(s1)N=C(c1ccccc1)N(C)[P@@]2(=Nc1ccc(Br)cc1)N1CCCC1. The predicted molar refractivity (Wildman–Crippen MR) is 140 cm³/mol. The fourth-order valence-corrected chi connectivity index (χ4v) is 9.75. The van der Waals surface area contributed by atoms with Gasteiger partial charge in [-0.1, -0.05) is 46.3 Å². The summed E-state index contributed by atoms with van der Waals surface area (Å²) in [4.78, 5) is 18.1. The lowest BCUT2D eigenvalue weighted by Gasteiger charge is -2.44. The van der Waals surface area contributed by atoms with Gasteiger partial charge in [0, 0.05) is 30.2 Å². The molecule has 33 heavy (non-hydrogen) atoms. The molecule has 1 fully saturated rings. The van der Waals surface area contributed by atoms with Crippen LogP contribution in [0.3, 0.4) is 0 Å². The summed E-state index contributed by atoms with van der Waals surface area (Å²) in [6.45, 7) is 1.92. The number of rotatable bonds is 4. The van der Waals surface area contributed by atoms with Gasteiger partial charge in [0.25, 0.3) is 0 Å². The largest absolute Gasteiger partial charge is 0.465 e. The highest BCUT2D eigenvalue weighted by atomic mass is 79.9. The molecule has 2 aliphatic heterocycles. The second-order valence-corrected chi connectivity index (χ2v) is 12.9. The minimum Gasteiger partial charge on any atom is -0.465 e. The van der Waals surface area contributed by atoms with Crippen LogP contribution in [0.15, 0.2) is 74.9 Å². The zero-order valence-corrected chi connectivity index (χ0v) is 21.7. The summed E-state index contributed by atoms with van der Waals surface area (Å²) in [6.07, 6.45) is 2.26. The standard InChI is InChI=1S/C24H24BrN4O2PS/c1-28-22(17-8-4-3-5-9-17)26-23-20(16-21(33-23)24(30)31-2)32(28,29-14-6-7-15-29)27-19-12-10-18(25)11-13-19/h3-5,8-13,16H,6-7,14-15H2,1-2H3/t32-/m1/s1. The molecule has 2 aliphatic rings. The Balaban J connectivity index is 1.81. The fraction of sp³-hybridized carbons (Fsp3) is 0.250. The zero-order valence-electron chi connectivity index (χ0n) is 18.4. The first-order valence-corrected chi connectivity index (χ1v) is 14.0. The van der Waals surface area contributed by atoms with Gasteiger partial charge in [0.15, 0.2) is 7.36 Å². The highest BCUT2D eigenvalue weighted by molar-refractivity contribution is 9.10. The highest BCUT2D eigenvalue weighted by Gasteiger charge is 2.44. The first-order valence-electron chi connectivity index (χ1n) is 10.8. The third kappa shape index (κ3) is 3.99. The molecule has 5 rings (SSSR count). The van der Waals surface area contributed by atoms with E-state index in [2.05, 4.69) is 44.5 Å². The van der Waals surface area contributed by atoms with Crippen molar-refractivity contribution in [1.82, 2.24) is 9.34 Å². The molecule has 6 nitrogen and oxygen atoms in total. The molecule has 0 radical (unpaired) electrons. The number of fused-ring (bicyclic) bond motifs is 1. The molecule has 0 amide bonds. The second-order valence-electron chi connectivity index (χ2n) is 7.92. The van der Waals surface area contributed by atoms with Gasteiger partial charge >= 0.3 is 5.97 Å². The molecule has 3 heterocycles. The van der Waals surface area contributed by atoms with Gasteiger partial charge in [-0.2, -0.15) is 0 Å². The average Bonchev–Trinajstić information content (AvgIpc) is 3.53. The first kappa shape index (κ1) is 22.5. The van der Waals surface area contributed by atoms with Crippen molar-refractivity contribution in [2.24, 2.45) is 9.74 Å². The molecule has 9 heteroatoms. The number of aliphatic imine (C=N–C) groups is 1. The number of amidine groups is 1. The van der Waals surface area contributed by atoms with E-state index >= 15 is 0 Å². The van der Waals surface area contributed by atoms with Crippen LogP contribution in [0, 0.1) is 0 Å². The lowest BCUT2D eigenvalue weighted by Crippen LogP contribution is -2.39. The summed E-state index contributed by atoms with van der Waals surface area (Å²) in [5.41, 5.74) is 1.95. The number of methoxy groups -OCH3 is 1. The minimum absolute atomic E-state index is 0.336. The van der Waals surface area contributed by atoms with Crippen molar-refractivity contribution >= 4 is 62.4 Å². The minimum atomic E-state index is -2.46.